The van der Waals surface area contributed by atoms with Crippen molar-refractivity contribution in [2.75, 3.05) is 18.5 Å². The average molecular weight is 349 g/mol. The summed E-state index contributed by atoms with van der Waals surface area (Å²) in [6.07, 6.45) is 3.64. The zero-order valence-electron chi connectivity index (χ0n) is 14.0. The molecule has 1 aliphatic rings. The lowest BCUT2D eigenvalue weighted by atomic mass is 10.1. The number of nitrogens with one attached hydrogen (secondary N) is 2. The van der Waals surface area contributed by atoms with Crippen LogP contribution in [0.3, 0.4) is 0 Å². The maximum Gasteiger partial charge on any atom is 0.320 e. The lowest BCUT2D eigenvalue weighted by Gasteiger charge is -2.15. The number of hydrogen-bond acceptors (Lipinski definition) is 5. The average Bonchev–Trinajstić information content (AvgIpc) is 3.30. The molecule has 0 unspecified atom stereocenters. The van der Waals surface area contributed by atoms with Crippen LogP contribution in [-0.4, -0.2) is 34.0 Å². The number of anilines is 1. The molecule has 2 aromatic heterocycles. The normalized spacial score (nSPS) is 18.5. The third kappa shape index (κ3) is 4.12. The third-order valence-corrected chi connectivity index (χ3v) is 5.09. The molecule has 2 amide bonds. The molecule has 0 radical (unpaired) electrons. The van der Waals surface area contributed by atoms with Crippen molar-refractivity contribution in [2.24, 2.45) is 5.92 Å². The molecule has 0 bridgehead atoms. The van der Waals surface area contributed by atoms with E-state index in [0.717, 1.165) is 43.3 Å². The standard InChI is InChI=1S/C16H23N5O2S/c1-3-15-19-13(10-24-15)11(2)18-16(22)20-14-4-6-17-21(14)8-12-5-7-23-9-12/h4,6,10-12H,3,5,7-9H2,1-2H3,(H2,18,20,22)/t11-,12+/m0/s1. The van der Waals surface area contributed by atoms with Gasteiger partial charge in [-0.3, -0.25) is 5.32 Å². The fourth-order valence-electron chi connectivity index (χ4n) is 2.67. The first kappa shape index (κ1) is 16.9. The number of hydrogen-bond donors (Lipinski definition) is 2. The highest BCUT2D eigenvalue weighted by Gasteiger charge is 2.19. The first-order valence-corrected chi connectivity index (χ1v) is 9.15. The van der Waals surface area contributed by atoms with Gasteiger partial charge in [0.25, 0.3) is 0 Å². The van der Waals surface area contributed by atoms with Crippen molar-refractivity contribution >= 4 is 23.2 Å². The molecule has 2 N–H and O–H groups in total. The Labute approximate surface area is 145 Å². The lowest BCUT2D eigenvalue weighted by molar-refractivity contribution is 0.181. The van der Waals surface area contributed by atoms with Crippen molar-refractivity contribution in [1.82, 2.24) is 20.1 Å². The quantitative estimate of drug-likeness (QED) is 0.840. The van der Waals surface area contributed by atoms with E-state index in [4.69, 9.17) is 4.74 Å². The molecule has 3 rings (SSSR count). The molecule has 2 atom stereocenters. The molecule has 8 heteroatoms. The first-order valence-electron chi connectivity index (χ1n) is 8.27. The van der Waals surface area contributed by atoms with E-state index in [1.54, 1.807) is 23.6 Å². The van der Waals surface area contributed by atoms with E-state index in [1.807, 2.05) is 17.0 Å². The third-order valence-electron chi connectivity index (χ3n) is 4.08. The highest BCUT2D eigenvalue weighted by atomic mass is 32.1. The van der Waals surface area contributed by atoms with Gasteiger partial charge in [-0.2, -0.15) is 5.10 Å². The molecule has 0 saturated carbocycles. The molecule has 1 saturated heterocycles. The van der Waals surface area contributed by atoms with Gasteiger partial charge in [-0.25, -0.2) is 14.5 Å². The van der Waals surface area contributed by atoms with Gasteiger partial charge in [0.15, 0.2) is 0 Å². The number of aromatic nitrogens is 3. The Bertz CT molecular complexity index is 678. The summed E-state index contributed by atoms with van der Waals surface area (Å²) in [4.78, 5) is 16.8. The minimum Gasteiger partial charge on any atom is -0.381 e. The van der Waals surface area contributed by atoms with Crippen LogP contribution in [0.1, 0.15) is 37.0 Å². The predicted molar refractivity (Wildman–Crippen MR) is 93.2 cm³/mol. The van der Waals surface area contributed by atoms with Gasteiger partial charge in [-0.1, -0.05) is 6.92 Å². The van der Waals surface area contributed by atoms with Crippen molar-refractivity contribution in [3.05, 3.63) is 28.3 Å². The minimum absolute atomic E-state index is 0.138. The molecule has 1 aliphatic heterocycles. The van der Waals surface area contributed by atoms with Crippen LogP contribution < -0.4 is 10.6 Å². The number of rotatable bonds is 6. The number of nitrogens with zero attached hydrogens (tertiary/aromatic N) is 3. The molecule has 24 heavy (non-hydrogen) atoms. The van der Waals surface area contributed by atoms with Crippen LogP contribution in [0.15, 0.2) is 17.6 Å². The molecular formula is C16H23N5O2S. The number of thiazole rings is 1. The van der Waals surface area contributed by atoms with Crippen molar-refractivity contribution in [3.8, 4) is 0 Å². The van der Waals surface area contributed by atoms with Crippen LogP contribution in [0, 0.1) is 5.92 Å². The fourth-order valence-corrected chi connectivity index (χ4v) is 3.50. The van der Waals surface area contributed by atoms with Crippen LogP contribution in [0.4, 0.5) is 10.6 Å². The Balaban J connectivity index is 1.55. The smallest absolute Gasteiger partial charge is 0.320 e. The highest BCUT2D eigenvalue weighted by Crippen LogP contribution is 2.19. The Hall–Kier alpha value is -1.93. The van der Waals surface area contributed by atoms with Crippen LogP contribution in [0.25, 0.3) is 0 Å². The van der Waals surface area contributed by atoms with Gasteiger partial charge in [0.1, 0.15) is 5.82 Å². The summed E-state index contributed by atoms with van der Waals surface area (Å²) in [5.74, 6) is 1.15. The van der Waals surface area contributed by atoms with Gasteiger partial charge >= 0.3 is 6.03 Å². The van der Waals surface area contributed by atoms with E-state index in [0.29, 0.717) is 11.7 Å². The van der Waals surface area contributed by atoms with Crippen molar-refractivity contribution in [2.45, 2.75) is 39.3 Å². The second kappa shape index (κ2) is 7.76. The summed E-state index contributed by atoms with van der Waals surface area (Å²) in [7, 11) is 0. The summed E-state index contributed by atoms with van der Waals surface area (Å²) >= 11 is 1.62. The largest absolute Gasteiger partial charge is 0.381 e. The van der Waals surface area contributed by atoms with Crippen molar-refractivity contribution in [1.29, 1.82) is 0 Å². The summed E-state index contributed by atoms with van der Waals surface area (Å²) in [5.41, 5.74) is 0.892. The molecule has 3 heterocycles. The van der Waals surface area contributed by atoms with Gasteiger partial charge in [-0.05, 0) is 19.8 Å². The number of urea groups is 1. The Kier molecular flexibility index (Phi) is 5.47. The Morgan fingerprint density at radius 3 is 3.17 bits per heavy atom. The van der Waals surface area contributed by atoms with E-state index in [9.17, 15) is 4.79 Å². The van der Waals surface area contributed by atoms with Crippen LogP contribution >= 0.6 is 11.3 Å². The summed E-state index contributed by atoms with van der Waals surface area (Å²) in [6.45, 7) is 6.32. The zero-order chi connectivity index (χ0) is 16.9. The van der Waals surface area contributed by atoms with Gasteiger partial charge in [0, 0.05) is 30.5 Å². The number of amides is 2. The van der Waals surface area contributed by atoms with Gasteiger partial charge in [0.2, 0.25) is 0 Å². The molecule has 130 valence electrons. The minimum atomic E-state index is -0.252. The van der Waals surface area contributed by atoms with Crippen molar-refractivity contribution in [3.63, 3.8) is 0 Å². The number of carbonyl (C=O) groups is 1. The topological polar surface area (TPSA) is 81.1 Å². The molecule has 0 aromatic carbocycles. The van der Waals surface area contributed by atoms with Crippen LogP contribution in [0.5, 0.6) is 0 Å². The summed E-state index contributed by atoms with van der Waals surface area (Å²) in [6, 6.07) is 1.41. The van der Waals surface area contributed by atoms with Gasteiger partial charge in [-0.15, -0.1) is 11.3 Å². The van der Waals surface area contributed by atoms with Crippen LogP contribution in [-0.2, 0) is 17.7 Å². The van der Waals surface area contributed by atoms with Crippen LogP contribution in [0.2, 0.25) is 0 Å². The fraction of sp³-hybridized carbons (Fsp3) is 0.562. The van der Waals surface area contributed by atoms with Crippen molar-refractivity contribution < 1.29 is 9.53 Å². The number of ether oxygens (including phenoxy) is 1. The van der Waals surface area contributed by atoms with E-state index in [-0.39, 0.29) is 12.1 Å². The number of carbonyl (C=O) groups excluding carboxylic acids is 1. The van der Waals surface area contributed by atoms with E-state index in [1.165, 1.54) is 0 Å². The maximum absolute atomic E-state index is 12.2. The summed E-state index contributed by atoms with van der Waals surface area (Å²) < 4.78 is 7.21. The molecule has 2 aromatic rings. The lowest BCUT2D eigenvalue weighted by Crippen LogP contribution is -2.32. The second-order valence-corrected chi connectivity index (χ2v) is 6.91. The molecular weight excluding hydrogens is 326 g/mol. The molecule has 7 nitrogen and oxygen atoms in total. The van der Waals surface area contributed by atoms with Gasteiger partial charge < -0.3 is 10.1 Å². The maximum atomic E-state index is 12.2. The second-order valence-electron chi connectivity index (χ2n) is 5.97. The monoisotopic (exact) mass is 349 g/mol. The molecule has 1 fully saturated rings. The van der Waals surface area contributed by atoms with Gasteiger partial charge in [0.05, 0.1) is 29.5 Å². The molecule has 0 spiro atoms. The Morgan fingerprint density at radius 2 is 2.46 bits per heavy atom. The predicted octanol–water partition coefficient (Wildman–Crippen LogP) is 2.82. The van der Waals surface area contributed by atoms with E-state index >= 15 is 0 Å². The highest BCUT2D eigenvalue weighted by molar-refractivity contribution is 7.09. The van der Waals surface area contributed by atoms with E-state index in [2.05, 4.69) is 27.6 Å². The number of aryl methyl sites for hydroxylation is 1. The SMILES string of the molecule is CCc1nc([C@H](C)NC(=O)Nc2ccnn2C[C@H]2CCOC2)cs1. The first-order chi connectivity index (χ1) is 11.7. The Morgan fingerprint density at radius 1 is 1.58 bits per heavy atom. The molecule has 0 aliphatic carbocycles. The zero-order valence-corrected chi connectivity index (χ0v) is 14.8. The summed E-state index contributed by atoms with van der Waals surface area (Å²) in [5, 5.41) is 13.2. The van der Waals surface area contributed by atoms with E-state index < -0.39 is 0 Å².